The highest BCUT2D eigenvalue weighted by Gasteiger charge is 2.21. The summed E-state index contributed by atoms with van der Waals surface area (Å²) < 4.78 is 1.91. The molecule has 144 valence electrons. The molecule has 3 heterocycles. The Morgan fingerprint density at radius 2 is 2.03 bits per heavy atom. The zero-order chi connectivity index (χ0) is 20.4. The number of thioether (sulfide) groups is 1. The molecule has 0 bridgehead atoms. The maximum atomic E-state index is 12.7. The van der Waals surface area contributed by atoms with Gasteiger partial charge in [-0.2, -0.15) is 5.26 Å². The molecule has 0 saturated carbocycles. The summed E-state index contributed by atoms with van der Waals surface area (Å²) in [6.45, 7) is 3.84. The van der Waals surface area contributed by atoms with Gasteiger partial charge in [0, 0.05) is 16.8 Å². The molecule has 0 saturated heterocycles. The Morgan fingerprint density at radius 1 is 1.24 bits per heavy atom. The summed E-state index contributed by atoms with van der Waals surface area (Å²) in [6, 6.07) is 13.9. The summed E-state index contributed by atoms with van der Waals surface area (Å²) in [5.41, 5.74) is 3.15. The number of amides is 1. The molecular weight excluding hydrogens is 402 g/mol. The lowest BCUT2D eigenvalue weighted by Crippen LogP contribution is -2.17. The molecule has 8 heteroatoms. The minimum Gasteiger partial charge on any atom is -0.310 e. The third-order valence-corrected chi connectivity index (χ3v) is 6.49. The number of nitriles is 1. The average Bonchev–Trinajstić information content (AvgIpc) is 3.30. The van der Waals surface area contributed by atoms with Crippen molar-refractivity contribution in [2.45, 2.75) is 18.9 Å². The lowest BCUT2D eigenvalue weighted by Gasteiger charge is -2.13. The van der Waals surface area contributed by atoms with Gasteiger partial charge in [-0.25, -0.2) is 9.97 Å². The number of nitrogens with zero attached hydrogens (tertiary/aromatic N) is 4. The van der Waals surface area contributed by atoms with Gasteiger partial charge in [-0.3, -0.25) is 9.36 Å². The number of para-hydroxylation sites is 1. The van der Waals surface area contributed by atoms with Crippen LogP contribution in [0.15, 0.2) is 53.1 Å². The highest BCUT2D eigenvalue weighted by atomic mass is 32.2. The van der Waals surface area contributed by atoms with Crippen molar-refractivity contribution >= 4 is 45.0 Å². The van der Waals surface area contributed by atoms with Gasteiger partial charge in [0.05, 0.1) is 11.3 Å². The largest absolute Gasteiger partial charge is 0.310 e. The van der Waals surface area contributed by atoms with Crippen LogP contribution in [0.3, 0.4) is 0 Å². The van der Waals surface area contributed by atoms with Crippen molar-refractivity contribution in [3.63, 3.8) is 0 Å². The molecular formula is C21H17N5OS2. The molecule has 0 fully saturated rings. The Labute approximate surface area is 176 Å². The molecule has 0 radical (unpaired) electrons. The van der Waals surface area contributed by atoms with Crippen molar-refractivity contribution in [2.75, 3.05) is 11.1 Å². The number of aromatic nitrogens is 3. The fourth-order valence-corrected chi connectivity index (χ4v) is 4.72. The Kier molecular flexibility index (Phi) is 5.34. The van der Waals surface area contributed by atoms with Crippen molar-refractivity contribution in [1.82, 2.24) is 14.5 Å². The first-order valence-electron chi connectivity index (χ1n) is 8.88. The minimum absolute atomic E-state index is 0.185. The van der Waals surface area contributed by atoms with Gasteiger partial charge in [0.2, 0.25) is 5.91 Å². The number of anilines is 1. The molecule has 0 atom stereocenters. The first kappa shape index (κ1) is 19.2. The van der Waals surface area contributed by atoms with E-state index in [2.05, 4.69) is 21.4 Å². The minimum atomic E-state index is -0.192. The Balaban J connectivity index is 1.60. The third kappa shape index (κ3) is 3.62. The average molecular weight is 420 g/mol. The lowest BCUT2D eigenvalue weighted by atomic mass is 10.2. The molecule has 0 aliphatic rings. The summed E-state index contributed by atoms with van der Waals surface area (Å²) in [4.78, 5) is 22.2. The second-order valence-electron chi connectivity index (χ2n) is 6.37. The number of benzene rings is 1. The van der Waals surface area contributed by atoms with E-state index in [0.717, 1.165) is 32.2 Å². The van der Waals surface area contributed by atoms with Crippen LogP contribution in [0.4, 0.5) is 5.82 Å². The van der Waals surface area contributed by atoms with E-state index in [-0.39, 0.29) is 11.7 Å². The number of nitrogens with one attached hydrogen (secondary N) is 1. The summed E-state index contributed by atoms with van der Waals surface area (Å²) in [5.74, 6) is 0.496. The van der Waals surface area contributed by atoms with Gasteiger partial charge in [0.25, 0.3) is 0 Å². The van der Waals surface area contributed by atoms with Gasteiger partial charge in [0.15, 0.2) is 0 Å². The van der Waals surface area contributed by atoms with Gasteiger partial charge < -0.3 is 5.32 Å². The van der Waals surface area contributed by atoms with Crippen molar-refractivity contribution in [3.8, 4) is 11.8 Å². The van der Waals surface area contributed by atoms with E-state index in [1.54, 1.807) is 11.3 Å². The first-order valence-corrected chi connectivity index (χ1v) is 10.7. The SMILES string of the molecule is Cc1c(C#N)c(NC(=O)CSc2ncnc3sccc23)n(-c2ccccc2)c1C. The number of rotatable bonds is 5. The summed E-state index contributed by atoms with van der Waals surface area (Å²) in [6.07, 6.45) is 1.51. The fraction of sp³-hybridized carbons (Fsp3) is 0.143. The van der Waals surface area contributed by atoms with E-state index < -0.39 is 0 Å². The molecule has 1 amide bonds. The van der Waals surface area contributed by atoms with Crippen LogP contribution in [0.1, 0.15) is 16.8 Å². The van der Waals surface area contributed by atoms with Crippen LogP contribution in [0.5, 0.6) is 0 Å². The zero-order valence-electron chi connectivity index (χ0n) is 15.8. The Morgan fingerprint density at radius 3 is 2.79 bits per heavy atom. The number of carbonyl (C=O) groups excluding carboxylic acids is 1. The second kappa shape index (κ2) is 8.07. The Bertz CT molecular complexity index is 1240. The predicted octanol–water partition coefficient (Wildman–Crippen LogP) is 4.70. The van der Waals surface area contributed by atoms with Crippen LogP contribution in [-0.4, -0.2) is 26.2 Å². The van der Waals surface area contributed by atoms with Crippen LogP contribution < -0.4 is 5.32 Å². The van der Waals surface area contributed by atoms with Crippen LogP contribution in [0, 0.1) is 25.2 Å². The maximum Gasteiger partial charge on any atom is 0.235 e. The van der Waals surface area contributed by atoms with Crippen molar-refractivity contribution in [3.05, 3.63) is 64.9 Å². The third-order valence-electron chi connectivity index (χ3n) is 4.66. The highest BCUT2D eigenvalue weighted by Crippen LogP contribution is 2.31. The lowest BCUT2D eigenvalue weighted by molar-refractivity contribution is -0.113. The van der Waals surface area contributed by atoms with E-state index in [4.69, 9.17) is 0 Å². The van der Waals surface area contributed by atoms with E-state index in [0.29, 0.717) is 11.4 Å². The Hall–Kier alpha value is -3.15. The van der Waals surface area contributed by atoms with E-state index in [1.807, 2.05) is 60.2 Å². The highest BCUT2D eigenvalue weighted by molar-refractivity contribution is 8.00. The zero-order valence-corrected chi connectivity index (χ0v) is 17.5. The monoisotopic (exact) mass is 419 g/mol. The number of fused-ring (bicyclic) bond motifs is 1. The van der Waals surface area contributed by atoms with E-state index >= 15 is 0 Å². The standard InChI is InChI=1S/C21H17N5OS2/c1-13-14(2)26(15-6-4-3-5-7-15)19(17(13)10-22)25-18(27)11-29-21-16-8-9-28-20(16)23-12-24-21/h3-9,12H,11H2,1-2H3,(H,25,27). The molecule has 0 aliphatic carbocycles. The number of hydrogen-bond acceptors (Lipinski definition) is 6. The fourth-order valence-electron chi connectivity index (χ4n) is 3.15. The van der Waals surface area contributed by atoms with Gasteiger partial charge in [0.1, 0.15) is 28.1 Å². The predicted molar refractivity (Wildman–Crippen MR) is 117 cm³/mol. The summed E-state index contributed by atoms with van der Waals surface area (Å²) in [7, 11) is 0. The normalized spacial score (nSPS) is 10.8. The molecule has 4 aromatic rings. The van der Waals surface area contributed by atoms with Crippen molar-refractivity contribution in [2.24, 2.45) is 0 Å². The van der Waals surface area contributed by atoms with Gasteiger partial charge in [-0.1, -0.05) is 30.0 Å². The first-order chi connectivity index (χ1) is 14.1. The molecule has 0 aliphatic heterocycles. The number of carbonyl (C=O) groups is 1. The molecule has 1 N–H and O–H groups in total. The van der Waals surface area contributed by atoms with E-state index in [1.165, 1.54) is 18.1 Å². The summed E-state index contributed by atoms with van der Waals surface area (Å²) >= 11 is 2.90. The molecule has 0 unspecified atom stereocenters. The van der Waals surface area contributed by atoms with Crippen LogP contribution in [0.2, 0.25) is 0 Å². The van der Waals surface area contributed by atoms with Crippen molar-refractivity contribution < 1.29 is 4.79 Å². The van der Waals surface area contributed by atoms with Gasteiger partial charge >= 0.3 is 0 Å². The molecule has 4 rings (SSSR count). The summed E-state index contributed by atoms with van der Waals surface area (Å²) in [5, 5.41) is 16.3. The number of thiophene rings is 1. The van der Waals surface area contributed by atoms with Crippen LogP contribution >= 0.6 is 23.1 Å². The molecule has 1 aromatic carbocycles. The molecule has 29 heavy (non-hydrogen) atoms. The quantitative estimate of drug-likeness (QED) is 0.374. The maximum absolute atomic E-state index is 12.7. The van der Waals surface area contributed by atoms with E-state index in [9.17, 15) is 10.1 Å². The van der Waals surface area contributed by atoms with Crippen molar-refractivity contribution in [1.29, 1.82) is 5.26 Å². The number of hydrogen-bond donors (Lipinski definition) is 1. The van der Waals surface area contributed by atoms with Gasteiger partial charge in [-0.15, -0.1) is 11.3 Å². The second-order valence-corrected chi connectivity index (χ2v) is 8.23. The smallest absolute Gasteiger partial charge is 0.235 e. The van der Waals surface area contributed by atoms with Crippen LogP contribution in [-0.2, 0) is 4.79 Å². The topological polar surface area (TPSA) is 83.6 Å². The van der Waals surface area contributed by atoms with Gasteiger partial charge in [-0.05, 0) is 43.0 Å². The molecule has 3 aromatic heterocycles. The molecule has 0 spiro atoms. The van der Waals surface area contributed by atoms with Crippen LogP contribution in [0.25, 0.3) is 15.9 Å². The molecule has 6 nitrogen and oxygen atoms in total.